The Morgan fingerprint density at radius 2 is 1.38 bits per heavy atom. The number of rotatable bonds is 2. The highest BCUT2D eigenvalue weighted by molar-refractivity contribution is 5.94. The van der Waals surface area contributed by atoms with E-state index in [1.54, 1.807) is 0 Å². The molecule has 0 radical (unpaired) electrons. The Morgan fingerprint density at radius 1 is 0.750 bits per heavy atom. The number of hydrogen-bond acceptors (Lipinski definition) is 1. The van der Waals surface area contributed by atoms with Gasteiger partial charge in [-0.1, -0.05) is 72.8 Å². The van der Waals surface area contributed by atoms with Crippen LogP contribution in [0.4, 0.5) is 0 Å². The minimum absolute atomic E-state index is 0.574. The number of hydrogen-bond donors (Lipinski definition) is 1. The Hall–Kier alpha value is -2.64. The first-order valence-corrected chi connectivity index (χ1v) is 8.52. The minimum Gasteiger partial charge on any atom is -0.326 e. The van der Waals surface area contributed by atoms with Gasteiger partial charge >= 0.3 is 0 Å². The molecule has 24 heavy (non-hydrogen) atoms. The van der Waals surface area contributed by atoms with Gasteiger partial charge < -0.3 is 5.73 Å². The zero-order chi connectivity index (χ0) is 16.4. The van der Waals surface area contributed by atoms with E-state index in [-0.39, 0.29) is 0 Å². The molecule has 0 unspecified atom stereocenters. The quantitative estimate of drug-likeness (QED) is 0.720. The van der Waals surface area contributed by atoms with Crippen molar-refractivity contribution >= 4 is 11.6 Å². The summed E-state index contributed by atoms with van der Waals surface area (Å²) in [5.41, 5.74) is 15.0. The smallest absolute Gasteiger partial charge is 0.0178 e. The van der Waals surface area contributed by atoms with Crippen molar-refractivity contribution in [2.75, 3.05) is 0 Å². The highest BCUT2D eigenvalue weighted by Crippen LogP contribution is 2.34. The van der Waals surface area contributed by atoms with Gasteiger partial charge in [0.05, 0.1) is 0 Å². The molecular weight excluding hydrogens is 290 g/mol. The predicted molar refractivity (Wildman–Crippen MR) is 102 cm³/mol. The van der Waals surface area contributed by atoms with Crippen LogP contribution >= 0.6 is 0 Å². The predicted octanol–water partition coefficient (Wildman–Crippen LogP) is 4.83. The zero-order valence-corrected chi connectivity index (χ0v) is 13.7. The summed E-state index contributed by atoms with van der Waals surface area (Å²) >= 11 is 0. The molecule has 0 amide bonds. The molecule has 0 bridgehead atoms. The van der Waals surface area contributed by atoms with E-state index in [9.17, 15) is 0 Å². The summed E-state index contributed by atoms with van der Waals surface area (Å²) in [7, 11) is 0. The molecule has 1 aliphatic carbocycles. The largest absolute Gasteiger partial charge is 0.326 e. The standard InChI is InChI=1S/C23H21N/c24-16-18-7-5-6-17(14-18)15-23-21-10-3-1-8-19(21)12-13-20-9-2-4-11-22(20)23/h1-11,14-15H,12-13,16,24H2. The molecule has 0 aliphatic heterocycles. The molecule has 1 heteroatoms. The van der Waals surface area contributed by atoms with Gasteiger partial charge in [0.25, 0.3) is 0 Å². The molecule has 0 aromatic heterocycles. The van der Waals surface area contributed by atoms with Gasteiger partial charge in [-0.05, 0) is 57.9 Å². The van der Waals surface area contributed by atoms with Gasteiger partial charge in [0.1, 0.15) is 0 Å². The molecule has 1 aliphatic rings. The Balaban J connectivity index is 1.94. The van der Waals surface area contributed by atoms with Crippen molar-refractivity contribution in [3.8, 4) is 0 Å². The zero-order valence-electron chi connectivity index (χ0n) is 13.7. The topological polar surface area (TPSA) is 26.0 Å². The second-order valence-corrected chi connectivity index (χ2v) is 6.32. The molecule has 2 N–H and O–H groups in total. The number of fused-ring (bicyclic) bond motifs is 2. The molecule has 0 saturated carbocycles. The molecule has 0 spiro atoms. The molecule has 1 nitrogen and oxygen atoms in total. The molecule has 4 rings (SSSR count). The lowest BCUT2D eigenvalue weighted by atomic mass is 9.92. The van der Waals surface area contributed by atoms with Crippen LogP contribution in [0.3, 0.4) is 0 Å². The first kappa shape index (κ1) is 14.9. The van der Waals surface area contributed by atoms with Crippen LogP contribution in [0, 0.1) is 0 Å². The van der Waals surface area contributed by atoms with Crippen LogP contribution in [-0.4, -0.2) is 0 Å². The SMILES string of the molecule is NCc1cccc(C=C2c3ccccc3CCc3ccccc32)c1. The van der Waals surface area contributed by atoms with Crippen molar-refractivity contribution in [1.29, 1.82) is 0 Å². The van der Waals surface area contributed by atoms with E-state index in [0.717, 1.165) is 12.8 Å². The van der Waals surface area contributed by atoms with Crippen molar-refractivity contribution in [3.63, 3.8) is 0 Å². The fraction of sp³-hybridized carbons (Fsp3) is 0.130. The third kappa shape index (κ3) is 2.79. The van der Waals surface area contributed by atoms with Crippen molar-refractivity contribution in [1.82, 2.24) is 0 Å². The lowest BCUT2D eigenvalue weighted by molar-refractivity contribution is 0.965. The first-order valence-electron chi connectivity index (χ1n) is 8.52. The van der Waals surface area contributed by atoms with Crippen molar-refractivity contribution < 1.29 is 0 Å². The number of benzene rings is 3. The summed E-state index contributed by atoms with van der Waals surface area (Å²) in [6, 6.07) is 26.1. The average molecular weight is 311 g/mol. The second kappa shape index (κ2) is 6.46. The summed E-state index contributed by atoms with van der Waals surface area (Å²) < 4.78 is 0. The van der Waals surface area contributed by atoms with E-state index < -0.39 is 0 Å². The Morgan fingerprint density at radius 3 is 2.00 bits per heavy atom. The molecule has 118 valence electrons. The summed E-state index contributed by atoms with van der Waals surface area (Å²) in [4.78, 5) is 0. The molecule has 0 atom stereocenters. The molecule has 0 fully saturated rings. The highest BCUT2D eigenvalue weighted by Gasteiger charge is 2.17. The van der Waals surface area contributed by atoms with E-state index in [1.807, 2.05) is 0 Å². The van der Waals surface area contributed by atoms with E-state index in [4.69, 9.17) is 5.73 Å². The summed E-state index contributed by atoms with van der Waals surface area (Å²) in [6.45, 7) is 0.574. The van der Waals surface area contributed by atoms with Gasteiger partial charge in [-0.2, -0.15) is 0 Å². The van der Waals surface area contributed by atoms with E-state index >= 15 is 0 Å². The van der Waals surface area contributed by atoms with Crippen LogP contribution in [-0.2, 0) is 19.4 Å². The Bertz CT molecular complexity index is 856. The Kier molecular flexibility index (Phi) is 4.02. The maximum Gasteiger partial charge on any atom is 0.0178 e. The molecule has 3 aromatic carbocycles. The van der Waals surface area contributed by atoms with Crippen LogP contribution in [0.25, 0.3) is 11.6 Å². The lowest BCUT2D eigenvalue weighted by Gasteiger charge is -2.12. The maximum atomic E-state index is 5.81. The van der Waals surface area contributed by atoms with Crippen LogP contribution in [0.15, 0.2) is 72.8 Å². The van der Waals surface area contributed by atoms with E-state index in [2.05, 4.69) is 78.9 Å². The number of aryl methyl sites for hydroxylation is 2. The van der Waals surface area contributed by atoms with Crippen molar-refractivity contribution in [2.45, 2.75) is 19.4 Å². The Labute approximate surface area is 143 Å². The van der Waals surface area contributed by atoms with Gasteiger partial charge in [0.15, 0.2) is 0 Å². The van der Waals surface area contributed by atoms with Crippen LogP contribution in [0.5, 0.6) is 0 Å². The third-order valence-corrected chi connectivity index (χ3v) is 4.78. The van der Waals surface area contributed by atoms with Crippen LogP contribution in [0.2, 0.25) is 0 Å². The average Bonchev–Trinajstić information content (AvgIpc) is 2.80. The summed E-state index contributed by atoms with van der Waals surface area (Å²) in [6.07, 6.45) is 4.49. The monoisotopic (exact) mass is 311 g/mol. The summed E-state index contributed by atoms with van der Waals surface area (Å²) in [5.74, 6) is 0. The molecular formula is C23H21N. The number of nitrogens with two attached hydrogens (primary N) is 1. The second-order valence-electron chi connectivity index (χ2n) is 6.32. The third-order valence-electron chi connectivity index (χ3n) is 4.78. The highest BCUT2D eigenvalue weighted by atomic mass is 14.5. The molecule has 0 heterocycles. The van der Waals surface area contributed by atoms with Crippen LogP contribution < -0.4 is 5.73 Å². The van der Waals surface area contributed by atoms with Crippen molar-refractivity contribution in [2.24, 2.45) is 5.73 Å². The van der Waals surface area contributed by atoms with E-state index in [0.29, 0.717) is 6.54 Å². The van der Waals surface area contributed by atoms with Gasteiger partial charge in [-0.3, -0.25) is 0 Å². The fourth-order valence-corrected chi connectivity index (χ4v) is 3.55. The van der Waals surface area contributed by atoms with Gasteiger partial charge in [0, 0.05) is 6.54 Å². The van der Waals surface area contributed by atoms with Crippen LogP contribution in [0.1, 0.15) is 33.4 Å². The van der Waals surface area contributed by atoms with Crippen molar-refractivity contribution in [3.05, 3.63) is 106 Å². The lowest BCUT2D eigenvalue weighted by Crippen LogP contribution is -1.96. The van der Waals surface area contributed by atoms with Gasteiger partial charge in [-0.15, -0.1) is 0 Å². The first-order chi connectivity index (χ1) is 11.8. The fourth-order valence-electron chi connectivity index (χ4n) is 3.55. The van der Waals surface area contributed by atoms with E-state index in [1.165, 1.54) is 39.0 Å². The summed E-state index contributed by atoms with van der Waals surface area (Å²) in [5, 5.41) is 0. The normalized spacial score (nSPS) is 13.0. The molecule has 3 aromatic rings. The minimum atomic E-state index is 0.574. The van der Waals surface area contributed by atoms with Gasteiger partial charge in [-0.25, -0.2) is 0 Å². The molecule has 0 saturated heterocycles. The van der Waals surface area contributed by atoms with Gasteiger partial charge in [0.2, 0.25) is 0 Å². The maximum absolute atomic E-state index is 5.81.